The van der Waals surface area contributed by atoms with Crippen molar-refractivity contribution in [1.82, 2.24) is 5.32 Å². The largest absolute Gasteiger partial charge is 0.491 e. The molecule has 8 heteroatoms. The number of nitrogens with one attached hydrogen (secondary N) is 2. The highest BCUT2D eigenvalue weighted by Gasteiger charge is 2.15. The second-order valence-corrected chi connectivity index (χ2v) is 5.95. The van der Waals surface area contributed by atoms with Crippen LogP contribution in [0.25, 0.3) is 0 Å². The summed E-state index contributed by atoms with van der Waals surface area (Å²) >= 11 is 5.07. The fraction of sp³-hybridized carbons (Fsp3) is 0.222. The molecule has 0 aromatic heterocycles. The van der Waals surface area contributed by atoms with Crippen molar-refractivity contribution in [3.05, 3.63) is 64.2 Å². The molecule has 26 heavy (non-hydrogen) atoms. The average Bonchev–Trinajstić information content (AvgIpc) is 2.62. The zero-order valence-corrected chi connectivity index (χ0v) is 15.2. The molecular weight excluding hydrogens is 354 g/mol. The standard InChI is InChI=1S/C18H19N3O4S/c1-3-12(2)25-14-10-8-13(9-11-14)17(22)20-18(26)19-15-6-4-5-7-16(15)21(23)24/h4-12H,3H2,1-2H3,(H2,19,20,22,26). The van der Waals surface area contributed by atoms with Crippen LogP contribution in [0, 0.1) is 10.1 Å². The molecular formula is C18H19N3O4S. The highest BCUT2D eigenvalue weighted by Crippen LogP contribution is 2.23. The molecule has 2 aromatic rings. The van der Waals surface area contributed by atoms with Gasteiger partial charge in [0.2, 0.25) is 0 Å². The van der Waals surface area contributed by atoms with Crippen molar-refractivity contribution in [3.8, 4) is 5.75 Å². The summed E-state index contributed by atoms with van der Waals surface area (Å²) in [5.41, 5.74) is 0.476. The van der Waals surface area contributed by atoms with Crippen molar-refractivity contribution in [2.75, 3.05) is 5.32 Å². The third kappa shape index (κ3) is 5.25. The molecule has 0 fully saturated rings. The first-order valence-electron chi connectivity index (χ1n) is 8.03. The molecule has 136 valence electrons. The molecule has 1 unspecified atom stereocenters. The zero-order chi connectivity index (χ0) is 19.1. The Morgan fingerprint density at radius 1 is 1.23 bits per heavy atom. The van der Waals surface area contributed by atoms with E-state index >= 15 is 0 Å². The summed E-state index contributed by atoms with van der Waals surface area (Å²) in [7, 11) is 0. The minimum Gasteiger partial charge on any atom is -0.491 e. The summed E-state index contributed by atoms with van der Waals surface area (Å²) in [5, 5.41) is 16.1. The minimum absolute atomic E-state index is 0.0239. The second-order valence-electron chi connectivity index (χ2n) is 5.54. The lowest BCUT2D eigenvalue weighted by atomic mass is 10.2. The lowest BCUT2D eigenvalue weighted by molar-refractivity contribution is -0.383. The first kappa shape index (κ1) is 19.3. The number of rotatable bonds is 6. The van der Waals surface area contributed by atoms with E-state index < -0.39 is 10.8 Å². The molecule has 0 aliphatic heterocycles. The Kier molecular flexibility index (Phi) is 6.62. The van der Waals surface area contributed by atoms with E-state index in [1.807, 2.05) is 13.8 Å². The van der Waals surface area contributed by atoms with Crippen LogP contribution in [0.15, 0.2) is 48.5 Å². The van der Waals surface area contributed by atoms with Gasteiger partial charge in [-0.1, -0.05) is 19.1 Å². The summed E-state index contributed by atoms with van der Waals surface area (Å²) in [6.07, 6.45) is 0.974. The number of benzene rings is 2. The van der Waals surface area contributed by atoms with Crippen LogP contribution in [-0.2, 0) is 0 Å². The number of para-hydroxylation sites is 2. The summed E-state index contributed by atoms with van der Waals surface area (Å²) in [6.45, 7) is 3.99. The first-order valence-corrected chi connectivity index (χ1v) is 8.44. The molecule has 0 heterocycles. The van der Waals surface area contributed by atoms with Gasteiger partial charge in [-0.3, -0.25) is 20.2 Å². The first-order chi connectivity index (χ1) is 12.4. The predicted molar refractivity (Wildman–Crippen MR) is 104 cm³/mol. The number of amides is 1. The van der Waals surface area contributed by atoms with Crippen LogP contribution in [0.1, 0.15) is 30.6 Å². The van der Waals surface area contributed by atoms with Crippen LogP contribution >= 0.6 is 12.2 Å². The lowest BCUT2D eigenvalue weighted by Gasteiger charge is -2.13. The molecule has 0 aliphatic carbocycles. The van der Waals surface area contributed by atoms with Gasteiger partial charge in [-0.05, 0) is 55.9 Å². The average molecular weight is 373 g/mol. The highest BCUT2D eigenvalue weighted by atomic mass is 32.1. The van der Waals surface area contributed by atoms with E-state index in [4.69, 9.17) is 17.0 Å². The predicted octanol–water partition coefficient (Wildman–Crippen LogP) is 3.90. The maximum Gasteiger partial charge on any atom is 0.292 e. The molecule has 2 rings (SSSR count). The second kappa shape index (κ2) is 8.91. The van der Waals surface area contributed by atoms with Gasteiger partial charge in [-0.15, -0.1) is 0 Å². The SMILES string of the molecule is CCC(C)Oc1ccc(C(=O)NC(=S)Nc2ccccc2[N+](=O)[O-])cc1. The monoisotopic (exact) mass is 373 g/mol. The van der Waals surface area contributed by atoms with Crippen molar-refractivity contribution >= 4 is 34.6 Å². The molecule has 2 aromatic carbocycles. The van der Waals surface area contributed by atoms with Crippen LogP contribution in [-0.4, -0.2) is 22.0 Å². The van der Waals surface area contributed by atoms with Crippen LogP contribution in [0.4, 0.5) is 11.4 Å². The van der Waals surface area contributed by atoms with Gasteiger partial charge in [0.05, 0.1) is 11.0 Å². The quantitative estimate of drug-likeness (QED) is 0.453. The molecule has 1 atom stereocenters. The number of nitro benzene ring substituents is 1. The number of hydrogen-bond donors (Lipinski definition) is 2. The van der Waals surface area contributed by atoms with Gasteiger partial charge >= 0.3 is 0 Å². The van der Waals surface area contributed by atoms with Crippen molar-refractivity contribution in [2.24, 2.45) is 0 Å². The van der Waals surface area contributed by atoms with Gasteiger partial charge in [0, 0.05) is 11.6 Å². The fourth-order valence-electron chi connectivity index (χ4n) is 2.07. The van der Waals surface area contributed by atoms with E-state index in [2.05, 4.69) is 10.6 Å². The maximum absolute atomic E-state index is 12.2. The Hall–Kier alpha value is -3.00. The van der Waals surface area contributed by atoms with Gasteiger partial charge in [0.1, 0.15) is 11.4 Å². The molecule has 0 spiro atoms. The zero-order valence-electron chi connectivity index (χ0n) is 14.4. The minimum atomic E-state index is -0.525. The Morgan fingerprint density at radius 3 is 2.50 bits per heavy atom. The number of ether oxygens (including phenoxy) is 1. The van der Waals surface area contributed by atoms with Crippen molar-refractivity contribution < 1.29 is 14.5 Å². The molecule has 0 saturated heterocycles. The molecule has 2 N–H and O–H groups in total. The van der Waals surface area contributed by atoms with Gasteiger partial charge < -0.3 is 10.1 Å². The number of nitrogens with zero attached hydrogens (tertiary/aromatic N) is 1. The Morgan fingerprint density at radius 2 is 1.88 bits per heavy atom. The van der Waals surface area contributed by atoms with Crippen LogP contribution < -0.4 is 15.4 Å². The highest BCUT2D eigenvalue weighted by molar-refractivity contribution is 7.80. The Balaban J connectivity index is 1.99. The molecule has 0 bridgehead atoms. The smallest absolute Gasteiger partial charge is 0.292 e. The summed E-state index contributed by atoms with van der Waals surface area (Å²) in [4.78, 5) is 22.7. The van der Waals surface area contributed by atoms with Gasteiger partial charge in [0.25, 0.3) is 11.6 Å². The van der Waals surface area contributed by atoms with Crippen molar-refractivity contribution in [1.29, 1.82) is 0 Å². The van der Waals surface area contributed by atoms with Crippen LogP contribution in [0.2, 0.25) is 0 Å². The number of thiocarbonyl (C=S) groups is 1. The molecule has 0 aliphatic rings. The molecule has 0 radical (unpaired) electrons. The Labute approximate surface area is 156 Å². The summed E-state index contributed by atoms with van der Waals surface area (Å²) in [5.74, 6) is 0.257. The van der Waals surface area contributed by atoms with E-state index in [0.29, 0.717) is 11.3 Å². The van der Waals surface area contributed by atoms with Crippen LogP contribution in [0.5, 0.6) is 5.75 Å². The molecule has 1 amide bonds. The maximum atomic E-state index is 12.2. The number of anilines is 1. The fourth-order valence-corrected chi connectivity index (χ4v) is 2.27. The number of nitro groups is 1. The van der Waals surface area contributed by atoms with Crippen molar-refractivity contribution in [2.45, 2.75) is 26.4 Å². The summed E-state index contributed by atoms with van der Waals surface area (Å²) < 4.78 is 5.66. The topological polar surface area (TPSA) is 93.5 Å². The van der Waals surface area contributed by atoms with E-state index in [1.165, 1.54) is 12.1 Å². The number of carbonyl (C=O) groups excluding carboxylic acids is 1. The normalized spacial score (nSPS) is 11.3. The van der Waals surface area contributed by atoms with E-state index in [0.717, 1.165) is 6.42 Å². The number of hydrogen-bond acceptors (Lipinski definition) is 5. The van der Waals surface area contributed by atoms with E-state index in [9.17, 15) is 14.9 Å². The Bertz CT molecular complexity index is 808. The van der Waals surface area contributed by atoms with Crippen LogP contribution in [0.3, 0.4) is 0 Å². The van der Waals surface area contributed by atoms with Crippen molar-refractivity contribution in [3.63, 3.8) is 0 Å². The van der Waals surface area contributed by atoms with Gasteiger partial charge in [0.15, 0.2) is 5.11 Å². The number of carbonyl (C=O) groups is 1. The lowest BCUT2D eigenvalue weighted by Crippen LogP contribution is -2.34. The third-order valence-electron chi connectivity index (χ3n) is 3.60. The molecule has 0 saturated carbocycles. The summed E-state index contributed by atoms with van der Waals surface area (Å²) in [6, 6.07) is 12.7. The van der Waals surface area contributed by atoms with Gasteiger partial charge in [-0.2, -0.15) is 0 Å². The van der Waals surface area contributed by atoms with Gasteiger partial charge in [-0.25, -0.2) is 0 Å². The molecule has 7 nitrogen and oxygen atoms in total. The third-order valence-corrected chi connectivity index (χ3v) is 3.81. The van der Waals surface area contributed by atoms with E-state index in [-0.39, 0.29) is 22.6 Å². The van der Waals surface area contributed by atoms with E-state index in [1.54, 1.807) is 36.4 Å².